The van der Waals surface area contributed by atoms with E-state index in [0.717, 1.165) is 18.8 Å². The van der Waals surface area contributed by atoms with Gasteiger partial charge in [-0.3, -0.25) is 0 Å². The van der Waals surface area contributed by atoms with Crippen LogP contribution in [0.4, 0.5) is 0 Å². The second-order valence-electron chi connectivity index (χ2n) is 5.44. The summed E-state index contributed by atoms with van der Waals surface area (Å²) in [4.78, 5) is 3.60. The van der Waals surface area contributed by atoms with E-state index in [1.807, 2.05) is 17.7 Å². The van der Waals surface area contributed by atoms with E-state index in [1.165, 1.54) is 10.4 Å². The molecule has 120 valence electrons. The standard InChI is InChI=1S/C16H22N4S.ClH/c1-12-13(8-14(9-17)20(12)4)10-18-11-15(19(2)3)16-6-5-7-21-16;/h5-8,15,18H,10-11H2,1-4H3;1H. The molecule has 1 unspecified atom stereocenters. The lowest BCUT2D eigenvalue weighted by atomic mass is 10.2. The lowest BCUT2D eigenvalue weighted by molar-refractivity contribution is 0.292. The number of halogens is 1. The predicted octanol–water partition coefficient (Wildman–Crippen LogP) is 3.08. The van der Waals surface area contributed by atoms with E-state index in [1.54, 1.807) is 11.3 Å². The fourth-order valence-corrected chi connectivity index (χ4v) is 3.33. The lowest BCUT2D eigenvalue weighted by Gasteiger charge is -2.23. The van der Waals surface area contributed by atoms with Gasteiger partial charge in [0, 0.05) is 30.7 Å². The van der Waals surface area contributed by atoms with E-state index in [4.69, 9.17) is 5.26 Å². The van der Waals surface area contributed by atoms with Gasteiger partial charge >= 0.3 is 0 Å². The summed E-state index contributed by atoms with van der Waals surface area (Å²) < 4.78 is 1.94. The minimum Gasteiger partial charge on any atom is -0.340 e. The van der Waals surface area contributed by atoms with Gasteiger partial charge in [0.2, 0.25) is 0 Å². The molecule has 0 saturated carbocycles. The molecule has 22 heavy (non-hydrogen) atoms. The van der Waals surface area contributed by atoms with Gasteiger partial charge in [-0.2, -0.15) is 5.26 Å². The molecule has 0 aliphatic rings. The van der Waals surface area contributed by atoms with Crippen LogP contribution in [-0.2, 0) is 13.6 Å². The first-order valence-corrected chi connectivity index (χ1v) is 7.88. The topological polar surface area (TPSA) is 44.0 Å². The quantitative estimate of drug-likeness (QED) is 0.880. The largest absolute Gasteiger partial charge is 0.340 e. The lowest BCUT2D eigenvalue weighted by Crippen LogP contribution is -2.30. The van der Waals surface area contributed by atoms with E-state index in [9.17, 15) is 0 Å². The molecular formula is C16H23ClN4S. The number of aromatic nitrogens is 1. The first kappa shape index (κ1) is 18.7. The van der Waals surface area contributed by atoms with Crippen LogP contribution >= 0.6 is 23.7 Å². The van der Waals surface area contributed by atoms with Crippen molar-refractivity contribution in [3.8, 4) is 6.07 Å². The Hall–Kier alpha value is -1.32. The zero-order valence-electron chi connectivity index (χ0n) is 13.5. The smallest absolute Gasteiger partial charge is 0.120 e. The van der Waals surface area contributed by atoms with Crippen LogP contribution in [0, 0.1) is 18.3 Å². The van der Waals surface area contributed by atoms with Gasteiger partial charge < -0.3 is 14.8 Å². The SMILES string of the molecule is Cc1c(CNCC(c2cccs2)N(C)C)cc(C#N)n1C.Cl. The van der Waals surface area contributed by atoms with Crippen LogP contribution < -0.4 is 5.32 Å². The number of thiophene rings is 1. The highest BCUT2D eigenvalue weighted by Gasteiger charge is 2.15. The maximum absolute atomic E-state index is 9.07. The zero-order valence-corrected chi connectivity index (χ0v) is 15.1. The molecule has 0 radical (unpaired) electrons. The third-order valence-electron chi connectivity index (χ3n) is 3.90. The molecule has 1 atom stereocenters. The number of hydrogen-bond donors (Lipinski definition) is 1. The number of nitriles is 1. The summed E-state index contributed by atoms with van der Waals surface area (Å²) in [5.74, 6) is 0. The molecule has 0 fully saturated rings. The van der Waals surface area contributed by atoms with E-state index in [0.29, 0.717) is 11.7 Å². The minimum absolute atomic E-state index is 0. The molecule has 0 aliphatic heterocycles. The van der Waals surface area contributed by atoms with Crippen LogP contribution in [0.15, 0.2) is 23.6 Å². The molecular weight excluding hydrogens is 316 g/mol. The van der Waals surface area contributed by atoms with E-state index < -0.39 is 0 Å². The van der Waals surface area contributed by atoms with Gasteiger partial charge in [0.05, 0.1) is 6.04 Å². The Bertz CT molecular complexity index is 625. The Kier molecular flexibility index (Phi) is 7.11. The fraction of sp³-hybridized carbons (Fsp3) is 0.438. The third-order valence-corrected chi connectivity index (χ3v) is 4.88. The number of rotatable bonds is 6. The predicted molar refractivity (Wildman–Crippen MR) is 94.6 cm³/mol. The van der Waals surface area contributed by atoms with Gasteiger partial charge in [-0.05, 0) is 44.1 Å². The number of nitrogens with zero attached hydrogens (tertiary/aromatic N) is 3. The van der Waals surface area contributed by atoms with Crippen LogP contribution in [0.3, 0.4) is 0 Å². The fourth-order valence-electron chi connectivity index (χ4n) is 2.41. The summed E-state index contributed by atoms with van der Waals surface area (Å²) >= 11 is 1.79. The molecule has 4 nitrogen and oxygen atoms in total. The first-order valence-electron chi connectivity index (χ1n) is 7.00. The van der Waals surface area contributed by atoms with Crippen molar-refractivity contribution in [2.45, 2.75) is 19.5 Å². The van der Waals surface area contributed by atoms with Gasteiger partial charge in [-0.15, -0.1) is 23.7 Å². The molecule has 0 amide bonds. The van der Waals surface area contributed by atoms with E-state index >= 15 is 0 Å². The van der Waals surface area contributed by atoms with Crippen LogP contribution in [0.5, 0.6) is 0 Å². The molecule has 6 heteroatoms. The highest BCUT2D eigenvalue weighted by atomic mass is 35.5. The zero-order chi connectivity index (χ0) is 15.4. The number of nitrogens with one attached hydrogen (secondary N) is 1. The van der Waals surface area contributed by atoms with Gasteiger partial charge in [0.15, 0.2) is 0 Å². The van der Waals surface area contributed by atoms with Crippen molar-refractivity contribution in [1.82, 2.24) is 14.8 Å². The van der Waals surface area contributed by atoms with E-state index in [2.05, 4.69) is 54.8 Å². The number of hydrogen-bond acceptors (Lipinski definition) is 4. The Balaban J connectivity index is 0.00000242. The van der Waals surface area contributed by atoms with Crippen molar-refractivity contribution in [1.29, 1.82) is 5.26 Å². The number of likely N-dealkylation sites (N-methyl/N-ethyl adjacent to an activating group) is 1. The monoisotopic (exact) mass is 338 g/mol. The van der Waals surface area contributed by atoms with Crippen molar-refractivity contribution in [2.24, 2.45) is 7.05 Å². The average Bonchev–Trinajstić information content (AvgIpc) is 3.06. The molecule has 2 aromatic rings. The van der Waals surface area contributed by atoms with Crippen molar-refractivity contribution < 1.29 is 0 Å². The van der Waals surface area contributed by atoms with Crippen molar-refractivity contribution >= 4 is 23.7 Å². The molecule has 2 heterocycles. The molecule has 0 bridgehead atoms. The Morgan fingerprint density at radius 3 is 2.68 bits per heavy atom. The van der Waals surface area contributed by atoms with Crippen molar-refractivity contribution in [2.75, 3.05) is 20.6 Å². The Morgan fingerprint density at radius 1 is 1.45 bits per heavy atom. The summed E-state index contributed by atoms with van der Waals surface area (Å²) in [6.07, 6.45) is 0. The summed E-state index contributed by atoms with van der Waals surface area (Å²) in [5, 5.41) is 14.7. The highest BCUT2D eigenvalue weighted by molar-refractivity contribution is 7.10. The second kappa shape index (κ2) is 8.35. The Morgan fingerprint density at radius 2 is 2.18 bits per heavy atom. The molecule has 2 aromatic heterocycles. The molecule has 0 spiro atoms. The minimum atomic E-state index is 0. The second-order valence-corrected chi connectivity index (χ2v) is 6.42. The maximum atomic E-state index is 9.07. The highest BCUT2D eigenvalue weighted by Crippen LogP contribution is 2.22. The maximum Gasteiger partial charge on any atom is 0.120 e. The summed E-state index contributed by atoms with van der Waals surface area (Å²) in [6.45, 7) is 3.74. The van der Waals surface area contributed by atoms with Crippen LogP contribution in [0.1, 0.15) is 27.9 Å². The molecule has 2 rings (SSSR count). The first-order chi connectivity index (χ1) is 10.0. The van der Waals surface area contributed by atoms with Crippen molar-refractivity contribution in [3.05, 3.63) is 45.4 Å². The van der Waals surface area contributed by atoms with Crippen LogP contribution in [0.2, 0.25) is 0 Å². The Labute approximate surface area is 142 Å². The summed E-state index contributed by atoms with van der Waals surface area (Å²) in [6, 6.07) is 8.85. The van der Waals surface area contributed by atoms with Gasteiger partial charge in [0.1, 0.15) is 11.8 Å². The van der Waals surface area contributed by atoms with Gasteiger partial charge in [-0.1, -0.05) is 6.07 Å². The van der Waals surface area contributed by atoms with Crippen LogP contribution in [0.25, 0.3) is 0 Å². The molecule has 1 N–H and O–H groups in total. The third kappa shape index (κ3) is 4.11. The van der Waals surface area contributed by atoms with Crippen LogP contribution in [-0.4, -0.2) is 30.1 Å². The summed E-state index contributed by atoms with van der Waals surface area (Å²) in [5.41, 5.74) is 3.06. The normalized spacial score (nSPS) is 12.0. The van der Waals surface area contributed by atoms with Gasteiger partial charge in [-0.25, -0.2) is 0 Å². The molecule has 0 aliphatic carbocycles. The summed E-state index contributed by atoms with van der Waals surface area (Å²) in [7, 11) is 6.15. The van der Waals surface area contributed by atoms with Crippen molar-refractivity contribution in [3.63, 3.8) is 0 Å². The van der Waals surface area contributed by atoms with E-state index in [-0.39, 0.29) is 12.4 Å². The molecule has 0 aromatic carbocycles. The van der Waals surface area contributed by atoms with Gasteiger partial charge in [0.25, 0.3) is 0 Å². The molecule has 0 saturated heterocycles. The average molecular weight is 339 g/mol.